The number of benzene rings is 2. The highest BCUT2D eigenvalue weighted by molar-refractivity contribution is 6.42. The fraction of sp³-hybridized carbons (Fsp3) is 0.0714. The Morgan fingerprint density at radius 3 is 2.25 bits per heavy atom. The van der Waals surface area contributed by atoms with Crippen molar-refractivity contribution in [1.29, 1.82) is 0 Å². The molecule has 0 aliphatic carbocycles. The van der Waals surface area contributed by atoms with Gasteiger partial charge >= 0.3 is 0 Å². The second-order valence-corrected chi connectivity index (χ2v) is 5.15. The smallest absolute Gasteiger partial charge is 0.262 e. The van der Waals surface area contributed by atoms with Gasteiger partial charge in [0.15, 0.2) is 6.61 Å². The largest absolute Gasteiger partial charge is 0.484 e. The number of ether oxygens (including phenoxy) is 1. The van der Waals surface area contributed by atoms with Gasteiger partial charge in [-0.3, -0.25) is 4.79 Å². The monoisotopic (exact) mass is 329 g/mol. The molecule has 0 heterocycles. The van der Waals surface area contributed by atoms with Crippen LogP contribution in [0.1, 0.15) is 0 Å². The quantitative estimate of drug-likeness (QED) is 0.885. The Kier molecular flexibility index (Phi) is 5.12. The predicted molar refractivity (Wildman–Crippen MR) is 82.0 cm³/mol. The number of anilines is 1. The van der Waals surface area contributed by atoms with Crippen LogP contribution in [-0.4, -0.2) is 12.5 Å². The predicted octanol–water partition coefficient (Wildman–Crippen LogP) is 4.66. The second kappa shape index (κ2) is 6.84. The number of carbonyl (C=O) groups is 1. The molecule has 0 aliphatic heterocycles. The van der Waals surface area contributed by atoms with Crippen LogP contribution in [0.25, 0.3) is 0 Å². The first-order valence-electron chi connectivity index (χ1n) is 5.68. The van der Waals surface area contributed by atoms with Gasteiger partial charge < -0.3 is 10.1 Å². The van der Waals surface area contributed by atoms with Crippen LogP contribution in [0.5, 0.6) is 5.75 Å². The van der Waals surface area contributed by atoms with Gasteiger partial charge in [-0.15, -0.1) is 0 Å². The number of halogens is 3. The van der Waals surface area contributed by atoms with Crippen LogP contribution in [0.15, 0.2) is 42.5 Å². The summed E-state index contributed by atoms with van der Waals surface area (Å²) in [5.41, 5.74) is 0.319. The lowest BCUT2D eigenvalue weighted by Gasteiger charge is -2.10. The molecule has 104 valence electrons. The number of rotatable bonds is 4. The van der Waals surface area contributed by atoms with Crippen molar-refractivity contribution in [2.24, 2.45) is 0 Å². The van der Waals surface area contributed by atoms with Crippen LogP contribution in [0.3, 0.4) is 0 Å². The Morgan fingerprint density at radius 1 is 1.05 bits per heavy atom. The molecule has 3 nitrogen and oxygen atoms in total. The molecule has 0 bridgehead atoms. The van der Waals surface area contributed by atoms with E-state index < -0.39 is 0 Å². The van der Waals surface area contributed by atoms with E-state index in [1.807, 2.05) is 18.2 Å². The average molecular weight is 331 g/mol. The SMILES string of the molecule is O=C(COc1ccccc1)Nc1c(Cl)cc(Cl)cc1Cl. The maximum absolute atomic E-state index is 11.8. The maximum Gasteiger partial charge on any atom is 0.262 e. The van der Waals surface area contributed by atoms with Gasteiger partial charge in [-0.1, -0.05) is 53.0 Å². The molecule has 0 saturated heterocycles. The fourth-order valence-electron chi connectivity index (χ4n) is 1.50. The van der Waals surface area contributed by atoms with Crippen molar-refractivity contribution in [3.63, 3.8) is 0 Å². The van der Waals surface area contributed by atoms with E-state index in [0.29, 0.717) is 16.5 Å². The molecule has 2 rings (SSSR count). The van der Waals surface area contributed by atoms with E-state index >= 15 is 0 Å². The average Bonchev–Trinajstić information content (AvgIpc) is 2.42. The molecule has 0 unspecified atom stereocenters. The lowest BCUT2D eigenvalue weighted by atomic mass is 10.3. The normalized spacial score (nSPS) is 10.2. The van der Waals surface area contributed by atoms with Crippen molar-refractivity contribution in [2.75, 3.05) is 11.9 Å². The van der Waals surface area contributed by atoms with E-state index in [9.17, 15) is 4.79 Å². The van der Waals surface area contributed by atoms with Crippen molar-refractivity contribution in [3.8, 4) is 5.75 Å². The van der Waals surface area contributed by atoms with Crippen molar-refractivity contribution < 1.29 is 9.53 Å². The Balaban J connectivity index is 1.98. The van der Waals surface area contributed by atoms with E-state index in [4.69, 9.17) is 39.5 Å². The van der Waals surface area contributed by atoms with E-state index in [0.717, 1.165) is 0 Å². The number of amides is 1. The number of carbonyl (C=O) groups excluding carboxylic acids is 1. The zero-order chi connectivity index (χ0) is 14.5. The van der Waals surface area contributed by atoms with E-state index in [2.05, 4.69) is 5.32 Å². The van der Waals surface area contributed by atoms with E-state index in [-0.39, 0.29) is 22.6 Å². The number of hydrogen-bond acceptors (Lipinski definition) is 2. The standard InChI is InChI=1S/C14H10Cl3NO2/c15-9-6-11(16)14(12(17)7-9)18-13(19)8-20-10-4-2-1-3-5-10/h1-7H,8H2,(H,18,19). The van der Waals surface area contributed by atoms with Gasteiger partial charge in [-0.2, -0.15) is 0 Å². The fourth-order valence-corrected chi connectivity index (χ4v) is 2.41. The molecule has 0 aliphatic rings. The van der Waals surface area contributed by atoms with Crippen LogP contribution < -0.4 is 10.1 Å². The molecule has 0 radical (unpaired) electrons. The summed E-state index contributed by atoms with van der Waals surface area (Å²) < 4.78 is 5.32. The summed E-state index contributed by atoms with van der Waals surface area (Å²) in [6.07, 6.45) is 0. The number of hydrogen-bond donors (Lipinski definition) is 1. The van der Waals surface area contributed by atoms with Gasteiger partial charge in [0, 0.05) is 5.02 Å². The van der Waals surface area contributed by atoms with Crippen LogP contribution in [0.2, 0.25) is 15.1 Å². The Morgan fingerprint density at radius 2 is 1.65 bits per heavy atom. The molecular formula is C14H10Cl3NO2. The zero-order valence-corrected chi connectivity index (χ0v) is 12.5. The molecule has 2 aromatic rings. The highest BCUT2D eigenvalue weighted by Gasteiger charge is 2.11. The van der Waals surface area contributed by atoms with Crippen LogP contribution >= 0.6 is 34.8 Å². The summed E-state index contributed by atoms with van der Waals surface area (Å²) in [6.45, 7) is -0.140. The lowest BCUT2D eigenvalue weighted by molar-refractivity contribution is -0.118. The molecule has 0 spiro atoms. The van der Waals surface area contributed by atoms with Gasteiger partial charge in [0.05, 0.1) is 15.7 Å². The first kappa shape index (κ1) is 15.0. The van der Waals surface area contributed by atoms with Crippen LogP contribution in [0, 0.1) is 0 Å². The van der Waals surface area contributed by atoms with Crippen molar-refractivity contribution in [3.05, 3.63) is 57.5 Å². The summed E-state index contributed by atoms with van der Waals surface area (Å²) in [7, 11) is 0. The summed E-state index contributed by atoms with van der Waals surface area (Å²) in [5, 5.41) is 3.54. The molecule has 20 heavy (non-hydrogen) atoms. The first-order chi connectivity index (χ1) is 9.56. The molecule has 0 saturated carbocycles. The Labute approximate surface area is 131 Å². The molecule has 6 heteroatoms. The Hall–Kier alpha value is -1.42. The van der Waals surface area contributed by atoms with Gasteiger partial charge in [-0.25, -0.2) is 0 Å². The molecular weight excluding hydrogens is 321 g/mol. The minimum Gasteiger partial charge on any atom is -0.484 e. The lowest BCUT2D eigenvalue weighted by Crippen LogP contribution is -2.20. The maximum atomic E-state index is 11.8. The molecule has 0 atom stereocenters. The number of nitrogens with one attached hydrogen (secondary N) is 1. The number of para-hydroxylation sites is 1. The third-order valence-corrected chi connectivity index (χ3v) is 3.20. The van der Waals surface area contributed by atoms with Crippen LogP contribution in [-0.2, 0) is 4.79 Å². The summed E-state index contributed by atoms with van der Waals surface area (Å²) in [4.78, 5) is 11.8. The van der Waals surface area contributed by atoms with Crippen LogP contribution in [0.4, 0.5) is 5.69 Å². The Bertz CT molecular complexity index is 594. The third-order valence-electron chi connectivity index (χ3n) is 2.38. The third kappa shape index (κ3) is 4.04. The molecule has 2 aromatic carbocycles. The highest BCUT2D eigenvalue weighted by atomic mass is 35.5. The van der Waals surface area contributed by atoms with Gasteiger partial charge in [0.1, 0.15) is 5.75 Å². The topological polar surface area (TPSA) is 38.3 Å². The van der Waals surface area contributed by atoms with Gasteiger partial charge in [0.2, 0.25) is 0 Å². The molecule has 0 aromatic heterocycles. The van der Waals surface area contributed by atoms with E-state index in [1.54, 1.807) is 12.1 Å². The summed E-state index contributed by atoms with van der Waals surface area (Å²) >= 11 is 17.7. The summed E-state index contributed by atoms with van der Waals surface area (Å²) in [5.74, 6) is 0.246. The van der Waals surface area contributed by atoms with Crippen molar-refractivity contribution >= 4 is 46.4 Å². The minimum absolute atomic E-state index is 0.140. The molecule has 1 amide bonds. The highest BCUT2D eigenvalue weighted by Crippen LogP contribution is 2.33. The minimum atomic E-state index is -0.361. The molecule has 1 N–H and O–H groups in total. The van der Waals surface area contributed by atoms with E-state index in [1.165, 1.54) is 12.1 Å². The van der Waals surface area contributed by atoms with Gasteiger partial charge in [-0.05, 0) is 24.3 Å². The van der Waals surface area contributed by atoms with Crippen molar-refractivity contribution in [2.45, 2.75) is 0 Å². The van der Waals surface area contributed by atoms with Gasteiger partial charge in [0.25, 0.3) is 5.91 Å². The summed E-state index contributed by atoms with van der Waals surface area (Å²) in [6, 6.07) is 12.0. The van der Waals surface area contributed by atoms with Crippen molar-refractivity contribution in [1.82, 2.24) is 0 Å². The first-order valence-corrected chi connectivity index (χ1v) is 6.82. The zero-order valence-electron chi connectivity index (χ0n) is 10.2. The second-order valence-electron chi connectivity index (χ2n) is 3.89. The molecule has 0 fully saturated rings.